The quantitative estimate of drug-likeness (QED) is 0.213. The Morgan fingerprint density at radius 1 is 0.976 bits per heavy atom. The normalized spacial score (nSPS) is 11.2. The average Bonchev–Trinajstić information content (AvgIpc) is 3.65. The summed E-state index contributed by atoms with van der Waals surface area (Å²) in [6.45, 7) is 3.39. The maximum Gasteiger partial charge on any atom is 0.439 e. The minimum Gasteiger partial charge on any atom is -0.427 e. The highest BCUT2D eigenvalue weighted by molar-refractivity contribution is 5.80. The molecule has 0 aliphatic heterocycles. The minimum atomic E-state index is -0.617. The highest BCUT2D eigenvalue weighted by Gasteiger charge is 2.20. The van der Waals surface area contributed by atoms with Crippen LogP contribution in [-0.4, -0.2) is 35.3 Å². The Hall–Kier alpha value is -5.58. The van der Waals surface area contributed by atoms with Gasteiger partial charge in [-0.15, -0.1) is 0 Å². The van der Waals surface area contributed by atoms with E-state index in [9.17, 15) is 14.4 Å². The highest BCUT2D eigenvalue weighted by atomic mass is 16.5. The molecule has 1 N–H and O–H groups in total. The Kier molecular flexibility index (Phi) is 7.05. The van der Waals surface area contributed by atoms with Crippen molar-refractivity contribution in [2.45, 2.75) is 33.1 Å². The van der Waals surface area contributed by atoms with Gasteiger partial charge in [0.25, 0.3) is 5.56 Å². The van der Waals surface area contributed by atoms with Crippen molar-refractivity contribution in [2.24, 2.45) is 0 Å². The fraction of sp³-hybridized carbons (Fsp3) is 0.161. The summed E-state index contributed by atoms with van der Waals surface area (Å²) in [5.41, 5.74) is 5.30. The highest BCUT2D eigenvalue weighted by Crippen LogP contribution is 2.30. The number of aromatic nitrogens is 6. The van der Waals surface area contributed by atoms with Gasteiger partial charge in [0.05, 0.1) is 11.4 Å². The molecule has 0 atom stereocenters. The van der Waals surface area contributed by atoms with E-state index in [-0.39, 0.29) is 5.56 Å². The second-order valence-corrected chi connectivity index (χ2v) is 9.74. The lowest BCUT2D eigenvalue weighted by Crippen LogP contribution is -2.28. The lowest BCUT2D eigenvalue weighted by Gasteiger charge is -2.16. The van der Waals surface area contributed by atoms with E-state index in [1.54, 1.807) is 28.8 Å². The predicted octanol–water partition coefficient (Wildman–Crippen LogP) is 4.36. The van der Waals surface area contributed by atoms with Gasteiger partial charge in [-0.1, -0.05) is 67.0 Å². The lowest BCUT2D eigenvalue weighted by molar-refractivity contribution is -0.131. The molecule has 11 nitrogen and oxygen atoms in total. The summed E-state index contributed by atoms with van der Waals surface area (Å²) in [6.07, 6.45) is 3.30. The van der Waals surface area contributed by atoms with Crippen LogP contribution in [0.15, 0.2) is 93.2 Å². The Balaban J connectivity index is 1.40. The second kappa shape index (κ2) is 11.1. The Labute approximate surface area is 239 Å². The summed E-state index contributed by atoms with van der Waals surface area (Å²) in [5.74, 6) is 0.106. The van der Waals surface area contributed by atoms with Crippen molar-refractivity contribution in [1.82, 2.24) is 29.3 Å². The largest absolute Gasteiger partial charge is 0.439 e. The van der Waals surface area contributed by atoms with Gasteiger partial charge < -0.3 is 4.74 Å². The number of H-pyrrole nitrogens is 1. The summed E-state index contributed by atoms with van der Waals surface area (Å²) in [6, 6.07) is 22.2. The molecule has 6 aromatic rings. The third-order valence-electron chi connectivity index (χ3n) is 6.91. The third kappa shape index (κ3) is 5.03. The Bertz CT molecular complexity index is 2020. The molecule has 3 aromatic carbocycles. The lowest BCUT2D eigenvalue weighted by atomic mass is 9.96. The number of nitrogens with one attached hydrogen (secondary N) is 1. The van der Waals surface area contributed by atoms with Gasteiger partial charge >= 0.3 is 11.7 Å². The van der Waals surface area contributed by atoms with Crippen LogP contribution in [0.25, 0.3) is 34.0 Å². The number of ether oxygens (including phenoxy) is 1. The molecular formula is C31H26N6O5. The standard InChI is InChI=1S/C31H26N6O5/c1-3-6-27-26(29(39)36(30-32-18-33-37(27)30)22-13-15-23(16-14-22)41-19(2)38)17-20-9-11-21(12-10-20)24-7-4-5-8-25(24)28-34-31(40)42-35-28/h4-5,7-16,18H,3,6,17H2,1-2H3,(H,34,35,40). The number of hydrogen-bond donors (Lipinski definition) is 1. The van der Waals surface area contributed by atoms with Gasteiger partial charge in [-0.25, -0.2) is 13.9 Å². The predicted molar refractivity (Wildman–Crippen MR) is 155 cm³/mol. The fourth-order valence-electron chi connectivity index (χ4n) is 5.08. The van der Waals surface area contributed by atoms with E-state index in [1.807, 2.05) is 48.5 Å². The number of esters is 1. The maximum atomic E-state index is 14.1. The molecule has 11 heteroatoms. The SMILES string of the molecule is CCCc1c(Cc2ccc(-c3ccccc3-c3noc(=O)[nH]3)cc2)c(=O)n(-c2ccc(OC(C)=O)cc2)c2ncnn12. The molecule has 0 radical (unpaired) electrons. The van der Waals surface area contributed by atoms with Gasteiger partial charge in [-0.3, -0.25) is 19.1 Å². The number of benzene rings is 3. The number of fused-ring (bicyclic) bond motifs is 1. The van der Waals surface area contributed by atoms with Crippen LogP contribution < -0.4 is 16.1 Å². The van der Waals surface area contributed by atoms with Crippen molar-refractivity contribution >= 4 is 11.7 Å². The molecule has 42 heavy (non-hydrogen) atoms. The molecule has 3 heterocycles. The van der Waals surface area contributed by atoms with Gasteiger partial charge in [0.1, 0.15) is 12.1 Å². The van der Waals surface area contributed by atoms with E-state index >= 15 is 0 Å². The summed E-state index contributed by atoms with van der Waals surface area (Å²) < 4.78 is 13.1. The minimum absolute atomic E-state index is 0.191. The summed E-state index contributed by atoms with van der Waals surface area (Å²) >= 11 is 0. The van der Waals surface area contributed by atoms with Gasteiger partial charge in [0.2, 0.25) is 5.78 Å². The van der Waals surface area contributed by atoms with Crippen LogP contribution in [0.5, 0.6) is 5.75 Å². The van der Waals surface area contributed by atoms with E-state index < -0.39 is 11.7 Å². The first-order chi connectivity index (χ1) is 20.4. The van der Waals surface area contributed by atoms with E-state index in [0.29, 0.717) is 41.4 Å². The molecule has 3 aromatic heterocycles. The number of nitrogens with zero attached hydrogens (tertiary/aromatic N) is 5. The van der Waals surface area contributed by atoms with Crippen molar-refractivity contribution in [2.75, 3.05) is 0 Å². The first-order valence-corrected chi connectivity index (χ1v) is 13.4. The van der Waals surface area contributed by atoms with Gasteiger partial charge in [0, 0.05) is 24.5 Å². The van der Waals surface area contributed by atoms with Crippen LogP contribution in [0.4, 0.5) is 0 Å². The van der Waals surface area contributed by atoms with Crippen LogP contribution >= 0.6 is 0 Å². The van der Waals surface area contributed by atoms with Crippen LogP contribution in [0.2, 0.25) is 0 Å². The van der Waals surface area contributed by atoms with Crippen LogP contribution in [0.1, 0.15) is 37.1 Å². The topological polar surface area (TPSA) is 137 Å². The molecule has 0 fully saturated rings. The second-order valence-electron chi connectivity index (χ2n) is 9.74. The summed E-state index contributed by atoms with van der Waals surface area (Å²) in [4.78, 5) is 44.0. The average molecular weight is 563 g/mol. The Morgan fingerprint density at radius 3 is 2.38 bits per heavy atom. The Morgan fingerprint density at radius 2 is 1.71 bits per heavy atom. The smallest absolute Gasteiger partial charge is 0.427 e. The first-order valence-electron chi connectivity index (χ1n) is 13.4. The van der Waals surface area contributed by atoms with E-state index in [4.69, 9.17) is 9.26 Å². The maximum absolute atomic E-state index is 14.1. The van der Waals surface area contributed by atoms with Crippen LogP contribution in [-0.2, 0) is 17.6 Å². The van der Waals surface area contributed by atoms with E-state index in [1.165, 1.54) is 17.8 Å². The first kappa shape index (κ1) is 26.6. The van der Waals surface area contributed by atoms with Crippen molar-refractivity contribution in [3.8, 4) is 34.0 Å². The van der Waals surface area contributed by atoms with Crippen molar-refractivity contribution in [1.29, 1.82) is 0 Å². The van der Waals surface area contributed by atoms with Crippen LogP contribution in [0, 0.1) is 0 Å². The number of rotatable bonds is 8. The van der Waals surface area contributed by atoms with Crippen molar-refractivity contribution in [3.05, 3.63) is 117 Å². The number of aromatic amines is 1. The number of carbonyl (C=O) groups excluding carboxylic acids is 1. The molecule has 0 amide bonds. The van der Waals surface area contributed by atoms with Crippen LogP contribution in [0.3, 0.4) is 0 Å². The molecule has 0 aliphatic carbocycles. The molecule has 0 spiro atoms. The molecule has 210 valence electrons. The number of hydrogen-bond acceptors (Lipinski definition) is 8. The fourth-order valence-corrected chi connectivity index (χ4v) is 5.08. The van der Waals surface area contributed by atoms with E-state index in [0.717, 1.165) is 34.4 Å². The number of aryl methyl sites for hydroxylation is 1. The van der Waals surface area contributed by atoms with Gasteiger partial charge in [-0.05, 0) is 47.4 Å². The summed E-state index contributed by atoms with van der Waals surface area (Å²) in [7, 11) is 0. The monoisotopic (exact) mass is 562 g/mol. The molecule has 0 bridgehead atoms. The summed E-state index contributed by atoms with van der Waals surface area (Å²) in [5, 5.41) is 8.29. The number of carbonyl (C=O) groups is 1. The molecule has 6 rings (SSSR count). The van der Waals surface area contributed by atoms with E-state index in [2.05, 4.69) is 27.1 Å². The zero-order valence-corrected chi connectivity index (χ0v) is 22.9. The molecule has 0 saturated heterocycles. The van der Waals surface area contributed by atoms with Gasteiger partial charge in [0.15, 0.2) is 5.82 Å². The van der Waals surface area contributed by atoms with Gasteiger partial charge in [-0.2, -0.15) is 10.1 Å². The molecule has 0 aliphatic rings. The van der Waals surface area contributed by atoms with Crippen molar-refractivity contribution < 1.29 is 14.1 Å². The zero-order chi connectivity index (χ0) is 29.2. The molecule has 0 saturated carbocycles. The zero-order valence-electron chi connectivity index (χ0n) is 22.9. The molecule has 0 unspecified atom stereocenters. The van der Waals surface area contributed by atoms with Crippen molar-refractivity contribution in [3.63, 3.8) is 0 Å². The third-order valence-corrected chi connectivity index (χ3v) is 6.91. The molecular weight excluding hydrogens is 536 g/mol.